The summed E-state index contributed by atoms with van der Waals surface area (Å²) in [5.41, 5.74) is 5.45. The van der Waals surface area contributed by atoms with E-state index in [2.05, 4.69) is 31.4 Å². The molecule has 1 aromatic heterocycles. The highest BCUT2D eigenvalue weighted by Gasteiger charge is 2.10. The molecule has 0 amide bonds. The lowest BCUT2D eigenvalue weighted by Gasteiger charge is -2.09. The monoisotopic (exact) mass is 411 g/mol. The first-order chi connectivity index (χ1) is 11.5. The number of hydrogen-bond donors (Lipinski definition) is 1. The molecule has 2 rings (SSSR count). The molecule has 1 heterocycles. The molecule has 0 saturated heterocycles. The Morgan fingerprint density at radius 1 is 1.50 bits per heavy atom. The molecule has 0 aliphatic carbocycles. The summed E-state index contributed by atoms with van der Waals surface area (Å²) in [6, 6.07) is 3.91. The lowest BCUT2D eigenvalue weighted by atomic mass is 10.1. The van der Waals surface area contributed by atoms with Gasteiger partial charge in [-0.05, 0) is 41.4 Å². The molecule has 0 aliphatic heterocycles. The fourth-order valence-corrected chi connectivity index (χ4v) is 3.16. The van der Waals surface area contributed by atoms with E-state index in [1.807, 2.05) is 19.1 Å². The van der Waals surface area contributed by atoms with Crippen LogP contribution in [0.15, 0.2) is 27.1 Å². The van der Waals surface area contributed by atoms with Crippen molar-refractivity contribution in [1.82, 2.24) is 4.98 Å². The largest absolute Gasteiger partial charge is 0.495 e. The molecule has 2 aromatic rings. The second-order valence-electron chi connectivity index (χ2n) is 4.81. The van der Waals surface area contributed by atoms with Gasteiger partial charge in [0.1, 0.15) is 5.75 Å². The molecule has 0 spiro atoms. The lowest BCUT2D eigenvalue weighted by molar-refractivity contribution is -0.142. The van der Waals surface area contributed by atoms with E-state index in [9.17, 15) is 4.79 Å². The zero-order valence-electron chi connectivity index (χ0n) is 13.6. The van der Waals surface area contributed by atoms with Crippen molar-refractivity contribution < 1.29 is 14.3 Å². The van der Waals surface area contributed by atoms with Crippen molar-refractivity contribution in [2.75, 3.05) is 19.1 Å². The summed E-state index contributed by atoms with van der Waals surface area (Å²) in [5, 5.41) is 6.62. The van der Waals surface area contributed by atoms with Crippen LogP contribution in [0.1, 0.15) is 23.7 Å². The average molecular weight is 412 g/mol. The van der Waals surface area contributed by atoms with E-state index in [1.54, 1.807) is 25.6 Å². The molecule has 0 unspecified atom stereocenters. The second kappa shape index (κ2) is 8.79. The van der Waals surface area contributed by atoms with Gasteiger partial charge in [0, 0.05) is 10.9 Å². The highest BCUT2D eigenvalue weighted by Crippen LogP contribution is 2.30. The van der Waals surface area contributed by atoms with E-state index < -0.39 is 0 Å². The highest BCUT2D eigenvalue weighted by molar-refractivity contribution is 9.10. The normalized spacial score (nSPS) is 10.8. The van der Waals surface area contributed by atoms with E-state index in [4.69, 9.17) is 9.47 Å². The first-order valence-corrected chi connectivity index (χ1v) is 8.94. The fourth-order valence-electron chi connectivity index (χ4n) is 1.99. The van der Waals surface area contributed by atoms with Crippen LogP contribution < -0.4 is 10.2 Å². The minimum Gasteiger partial charge on any atom is -0.495 e. The molecule has 0 bridgehead atoms. The van der Waals surface area contributed by atoms with Crippen LogP contribution in [0.5, 0.6) is 5.75 Å². The maximum atomic E-state index is 11.4. The topological polar surface area (TPSA) is 72.8 Å². The van der Waals surface area contributed by atoms with Crippen LogP contribution >= 0.6 is 27.3 Å². The number of anilines is 1. The van der Waals surface area contributed by atoms with Crippen molar-refractivity contribution in [3.63, 3.8) is 0 Å². The molecular weight excluding hydrogens is 394 g/mol. The number of carbonyl (C=O) groups is 1. The van der Waals surface area contributed by atoms with Gasteiger partial charge in [-0.3, -0.25) is 10.2 Å². The van der Waals surface area contributed by atoms with Gasteiger partial charge in [0.05, 0.1) is 36.5 Å². The second-order valence-corrected chi connectivity index (χ2v) is 6.52. The quantitative estimate of drug-likeness (QED) is 0.426. The predicted octanol–water partition coefficient (Wildman–Crippen LogP) is 3.77. The summed E-state index contributed by atoms with van der Waals surface area (Å²) in [6.07, 6.45) is 1.85. The fraction of sp³-hybridized carbons (Fsp3) is 0.312. The van der Waals surface area contributed by atoms with Gasteiger partial charge in [0.25, 0.3) is 0 Å². The van der Waals surface area contributed by atoms with Crippen molar-refractivity contribution in [3.8, 4) is 5.75 Å². The van der Waals surface area contributed by atoms with Crippen LogP contribution in [0.4, 0.5) is 5.13 Å². The van der Waals surface area contributed by atoms with E-state index in [0.717, 1.165) is 21.3 Å². The molecule has 1 aromatic carbocycles. The number of methoxy groups -OCH3 is 1. The Hall–Kier alpha value is -1.93. The number of aryl methyl sites for hydroxylation is 1. The van der Waals surface area contributed by atoms with Crippen LogP contribution in [-0.4, -0.2) is 30.9 Å². The molecule has 24 heavy (non-hydrogen) atoms. The number of halogens is 1. The van der Waals surface area contributed by atoms with Crippen LogP contribution in [0, 0.1) is 6.92 Å². The van der Waals surface area contributed by atoms with Gasteiger partial charge in [-0.15, -0.1) is 11.3 Å². The lowest BCUT2D eigenvalue weighted by Crippen LogP contribution is -2.07. The third-order valence-electron chi connectivity index (χ3n) is 3.11. The van der Waals surface area contributed by atoms with Crippen LogP contribution in [0.3, 0.4) is 0 Å². The van der Waals surface area contributed by atoms with E-state index in [1.165, 1.54) is 11.3 Å². The number of aromatic nitrogens is 1. The molecule has 0 fully saturated rings. The van der Waals surface area contributed by atoms with Crippen LogP contribution in [0.2, 0.25) is 0 Å². The van der Waals surface area contributed by atoms with Gasteiger partial charge in [0.2, 0.25) is 5.13 Å². The number of carbonyl (C=O) groups excluding carboxylic acids is 1. The molecule has 0 saturated carbocycles. The van der Waals surface area contributed by atoms with Crippen molar-refractivity contribution in [1.29, 1.82) is 0 Å². The Balaban J connectivity index is 2.04. The SMILES string of the molecule is CCOC(=O)Cc1csc(NN=Cc2c(C)ccc(Br)c2OC)n1. The van der Waals surface area contributed by atoms with Crippen molar-refractivity contribution in [2.45, 2.75) is 20.3 Å². The van der Waals surface area contributed by atoms with Gasteiger partial charge >= 0.3 is 5.97 Å². The Morgan fingerprint density at radius 2 is 2.29 bits per heavy atom. The standard InChI is InChI=1S/C16H18BrN3O3S/c1-4-23-14(21)7-11-9-24-16(19-11)20-18-8-12-10(2)5-6-13(17)15(12)22-3/h5-6,8-9H,4,7H2,1-3H3,(H,19,20). The molecule has 0 atom stereocenters. The highest BCUT2D eigenvalue weighted by atomic mass is 79.9. The van der Waals surface area contributed by atoms with Gasteiger partial charge in [-0.2, -0.15) is 5.10 Å². The molecule has 128 valence electrons. The van der Waals surface area contributed by atoms with E-state index >= 15 is 0 Å². The number of esters is 1. The number of benzene rings is 1. The first-order valence-electron chi connectivity index (χ1n) is 7.27. The van der Waals surface area contributed by atoms with Gasteiger partial charge in [0.15, 0.2) is 0 Å². The zero-order valence-corrected chi connectivity index (χ0v) is 16.0. The number of nitrogens with zero attached hydrogens (tertiary/aromatic N) is 2. The number of thiazole rings is 1. The number of hydrazone groups is 1. The Morgan fingerprint density at radius 3 is 3.00 bits per heavy atom. The molecule has 8 heteroatoms. The Kier molecular flexibility index (Phi) is 6.74. The first kappa shape index (κ1) is 18.4. The van der Waals surface area contributed by atoms with Crippen LogP contribution in [-0.2, 0) is 16.0 Å². The maximum Gasteiger partial charge on any atom is 0.311 e. The maximum absolute atomic E-state index is 11.4. The summed E-state index contributed by atoms with van der Waals surface area (Å²) < 4.78 is 11.2. The summed E-state index contributed by atoms with van der Waals surface area (Å²) >= 11 is 4.83. The smallest absolute Gasteiger partial charge is 0.311 e. The van der Waals surface area contributed by atoms with E-state index in [-0.39, 0.29) is 12.4 Å². The number of hydrogen-bond acceptors (Lipinski definition) is 7. The summed E-state index contributed by atoms with van der Waals surface area (Å²) in [4.78, 5) is 15.7. The van der Waals surface area contributed by atoms with Gasteiger partial charge in [-0.25, -0.2) is 4.98 Å². The predicted molar refractivity (Wildman–Crippen MR) is 99.1 cm³/mol. The number of ether oxygens (including phenoxy) is 2. The molecule has 6 nitrogen and oxygen atoms in total. The summed E-state index contributed by atoms with van der Waals surface area (Å²) in [6.45, 7) is 4.13. The third-order valence-corrected chi connectivity index (χ3v) is 4.53. The minimum absolute atomic E-state index is 0.161. The Labute approximate surface area is 153 Å². The molecule has 0 aliphatic rings. The van der Waals surface area contributed by atoms with Crippen LogP contribution in [0.25, 0.3) is 0 Å². The van der Waals surface area contributed by atoms with Crippen molar-refractivity contribution in [2.24, 2.45) is 5.10 Å². The molecule has 0 radical (unpaired) electrons. The van der Waals surface area contributed by atoms with Crippen molar-refractivity contribution in [3.05, 3.63) is 38.8 Å². The average Bonchev–Trinajstić information content (AvgIpc) is 2.98. The van der Waals surface area contributed by atoms with E-state index in [0.29, 0.717) is 17.4 Å². The minimum atomic E-state index is -0.285. The molecular formula is C16H18BrN3O3S. The summed E-state index contributed by atoms with van der Waals surface area (Å²) in [7, 11) is 1.62. The third kappa shape index (κ3) is 4.78. The van der Waals surface area contributed by atoms with Crippen molar-refractivity contribution >= 4 is 44.6 Å². The van der Waals surface area contributed by atoms with Gasteiger partial charge < -0.3 is 9.47 Å². The van der Waals surface area contributed by atoms with Gasteiger partial charge in [-0.1, -0.05) is 6.07 Å². The Bertz CT molecular complexity index is 746. The molecule has 1 N–H and O–H groups in total. The zero-order chi connectivity index (χ0) is 17.5. The number of rotatable bonds is 7. The summed E-state index contributed by atoms with van der Waals surface area (Å²) in [5.74, 6) is 0.440. The number of nitrogens with one attached hydrogen (secondary N) is 1.